The van der Waals surface area contributed by atoms with Crippen LogP contribution in [-0.4, -0.2) is 23.6 Å². The highest BCUT2D eigenvalue weighted by molar-refractivity contribution is 5.70. The van der Waals surface area contributed by atoms with E-state index >= 15 is 0 Å². The molecule has 1 heterocycles. The number of carbonyl (C=O) groups excluding carboxylic acids is 1. The van der Waals surface area contributed by atoms with E-state index in [1.54, 1.807) is 25.1 Å². The third kappa shape index (κ3) is 4.51. The number of nitriles is 1. The molecule has 1 unspecified atom stereocenters. The number of esters is 1. The molecule has 0 radical (unpaired) electrons. The van der Waals surface area contributed by atoms with Crippen molar-refractivity contribution in [2.24, 2.45) is 0 Å². The molecule has 1 N–H and O–H groups in total. The molecule has 0 fully saturated rings. The first-order chi connectivity index (χ1) is 8.15. The highest BCUT2D eigenvalue weighted by atomic mass is 16.5. The number of aromatic nitrogens is 1. The quantitative estimate of drug-likeness (QED) is 0.783. The largest absolute Gasteiger partial charge is 0.466 e. The van der Waals surface area contributed by atoms with E-state index in [1.165, 1.54) is 0 Å². The van der Waals surface area contributed by atoms with Crippen molar-refractivity contribution in [3.63, 3.8) is 0 Å². The Bertz CT molecular complexity index is 426. The third-order valence-electron chi connectivity index (χ3n) is 2.04. The van der Waals surface area contributed by atoms with Gasteiger partial charge in [0.2, 0.25) is 0 Å². The average Bonchev–Trinajstić information content (AvgIpc) is 2.29. The van der Waals surface area contributed by atoms with Crippen molar-refractivity contribution in [2.45, 2.75) is 26.3 Å². The molecular formula is C12H15N3O2. The minimum atomic E-state index is -0.246. The van der Waals surface area contributed by atoms with Crippen LogP contribution >= 0.6 is 0 Å². The van der Waals surface area contributed by atoms with Crippen LogP contribution in [0.2, 0.25) is 0 Å². The van der Waals surface area contributed by atoms with Crippen molar-refractivity contribution in [2.75, 3.05) is 11.9 Å². The SMILES string of the molecule is CCOC(=O)CC(C)Nc1cccc(C#N)n1. The molecular weight excluding hydrogens is 218 g/mol. The summed E-state index contributed by atoms with van der Waals surface area (Å²) >= 11 is 0. The molecule has 0 saturated heterocycles. The predicted molar refractivity (Wildman–Crippen MR) is 63.3 cm³/mol. The van der Waals surface area contributed by atoms with Crippen molar-refractivity contribution in [3.05, 3.63) is 23.9 Å². The Morgan fingerprint density at radius 1 is 1.65 bits per heavy atom. The van der Waals surface area contributed by atoms with Crippen LogP contribution in [0, 0.1) is 11.3 Å². The van der Waals surface area contributed by atoms with Crippen LogP contribution in [0.1, 0.15) is 26.0 Å². The summed E-state index contributed by atoms with van der Waals surface area (Å²) in [6.07, 6.45) is 0.270. The van der Waals surface area contributed by atoms with E-state index in [4.69, 9.17) is 10.00 Å². The Morgan fingerprint density at radius 3 is 3.06 bits per heavy atom. The zero-order valence-corrected chi connectivity index (χ0v) is 9.93. The van der Waals surface area contributed by atoms with Crippen LogP contribution in [0.15, 0.2) is 18.2 Å². The summed E-state index contributed by atoms with van der Waals surface area (Å²) in [7, 11) is 0. The fourth-order valence-electron chi connectivity index (χ4n) is 1.35. The van der Waals surface area contributed by atoms with Gasteiger partial charge in [0, 0.05) is 6.04 Å². The lowest BCUT2D eigenvalue weighted by molar-refractivity contribution is -0.143. The molecule has 0 aromatic carbocycles. The fourth-order valence-corrected chi connectivity index (χ4v) is 1.35. The van der Waals surface area contributed by atoms with Crippen molar-refractivity contribution < 1.29 is 9.53 Å². The van der Waals surface area contributed by atoms with Crippen molar-refractivity contribution >= 4 is 11.8 Å². The van der Waals surface area contributed by atoms with Crippen LogP contribution in [0.4, 0.5) is 5.82 Å². The number of anilines is 1. The number of carbonyl (C=O) groups is 1. The highest BCUT2D eigenvalue weighted by Crippen LogP contribution is 2.07. The summed E-state index contributed by atoms with van der Waals surface area (Å²) < 4.78 is 4.84. The smallest absolute Gasteiger partial charge is 0.307 e. The second kappa shape index (κ2) is 6.48. The van der Waals surface area contributed by atoms with Gasteiger partial charge in [-0.15, -0.1) is 0 Å². The van der Waals surface area contributed by atoms with Crippen LogP contribution in [0.5, 0.6) is 0 Å². The van der Waals surface area contributed by atoms with Gasteiger partial charge < -0.3 is 10.1 Å². The molecule has 0 aliphatic rings. The lowest BCUT2D eigenvalue weighted by Crippen LogP contribution is -2.21. The predicted octanol–water partition coefficient (Wildman–Crippen LogP) is 1.71. The molecule has 0 spiro atoms. The van der Waals surface area contributed by atoms with Gasteiger partial charge >= 0.3 is 5.97 Å². The molecule has 0 bridgehead atoms. The number of nitrogens with one attached hydrogen (secondary N) is 1. The molecule has 1 atom stereocenters. The maximum atomic E-state index is 11.2. The van der Waals surface area contributed by atoms with Gasteiger partial charge in [0.25, 0.3) is 0 Å². The van der Waals surface area contributed by atoms with E-state index < -0.39 is 0 Å². The first-order valence-electron chi connectivity index (χ1n) is 5.45. The molecule has 1 rings (SSSR count). The van der Waals surface area contributed by atoms with Crippen LogP contribution in [-0.2, 0) is 9.53 Å². The molecule has 0 aliphatic carbocycles. The second-order valence-electron chi connectivity index (χ2n) is 3.57. The number of ether oxygens (including phenoxy) is 1. The number of hydrogen-bond acceptors (Lipinski definition) is 5. The van der Waals surface area contributed by atoms with Crippen molar-refractivity contribution in [1.82, 2.24) is 4.98 Å². The normalized spacial score (nSPS) is 11.4. The molecule has 0 saturated carbocycles. The maximum Gasteiger partial charge on any atom is 0.307 e. The molecule has 1 aromatic heterocycles. The molecule has 17 heavy (non-hydrogen) atoms. The monoisotopic (exact) mass is 233 g/mol. The number of rotatable bonds is 5. The number of hydrogen-bond donors (Lipinski definition) is 1. The van der Waals surface area contributed by atoms with Gasteiger partial charge in [-0.2, -0.15) is 5.26 Å². The van der Waals surface area contributed by atoms with Gasteiger partial charge in [0.15, 0.2) is 0 Å². The first kappa shape index (κ1) is 13.0. The van der Waals surface area contributed by atoms with Crippen LogP contribution in [0.3, 0.4) is 0 Å². The van der Waals surface area contributed by atoms with E-state index in [2.05, 4.69) is 10.3 Å². The second-order valence-corrected chi connectivity index (χ2v) is 3.57. The maximum absolute atomic E-state index is 11.2. The van der Waals surface area contributed by atoms with E-state index in [0.717, 1.165) is 0 Å². The molecule has 0 amide bonds. The summed E-state index contributed by atoms with van der Waals surface area (Å²) in [6.45, 7) is 4.01. The van der Waals surface area contributed by atoms with Gasteiger partial charge in [-0.05, 0) is 26.0 Å². The van der Waals surface area contributed by atoms with Gasteiger partial charge in [-0.25, -0.2) is 4.98 Å². The summed E-state index contributed by atoms with van der Waals surface area (Å²) in [5, 5.41) is 11.7. The van der Waals surface area contributed by atoms with E-state index in [1.807, 2.05) is 13.0 Å². The van der Waals surface area contributed by atoms with Gasteiger partial charge in [0.05, 0.1) is 13.0 Å². The Labute approximate surface area is 100 Å². The molecule has 90 valence electrons. The number of nitrogens with zero attached hydrogens (tertiary/aromatic N) is 2. The zero-order valence-electron chi connectivity index (χ0n) is 9.93. The fraction of sp³-hybridized carbons (Fsp3) is 0.417. The Balaban J connectivity index is 2.53. The molecule has 0 aliphatic heterocycles. The van der Waals surface area contributed by atoms with E-state index in [-0.39, 0.29) is 18.4 Å². The highest BCUT2D eigenvalue weighted by Gasteiger charge is 2.10. The molecule has 5 heteroatoms. The zero-order chi connectivity index (χ0) is 12.7. The van der Waals surface area contributed by atoms with Gasteiger partial charge in [-0.1, -0.05) is 6.07 Å². The van der Waals surface area contributed by atoms with Crippen molar-refractivity contribution in [3.8, 4) is 6.07 Å². The average molecular weight is 233 g/mol. The molecule has 5 nitrogen and oxygen atoms in total. The number of pyridine rings is 1. The van der Waals surface area contributed by atoms with Crippen LogP contribution in [0.25, 0.3) is 0 Å². The summed E-state index contributed by atoms with van der Waals surface area (Å²) in [4.78, 5) is 15.3. The third-order valence-corrected chi connectivity index (χ3v) is 2.04. The van der Waals surface area contributed by atoms with Crippen LogP contribution < -0.4 is 5.32 Å². The minimum absolute atomic E-state index is 0.0875. The summed E-state index contributed by atoms with van der Waals surface area (Å²) in [6, 6.07) is 6.99. The molecule has 1 aromatic rings. The Kier molecular flexibility index (Phi) is 4.95. The Hall–Kier alpha value is -2.09. The lowest BCUT2D eigenvalue weighted by Gasteiger charge is -2.13. The topological polar surface area (TPSA) is 75.0 Å². The van der Waals surface area contributed by atoms with E-state index in [9.17, 15) is 4.79 Å². The first-order valence-corrected chi connectivity index (χ1v) is 5.45. The Morgan fingerprint density at radius 2 is 2.41 bits per heavy atom. The van der Waals surface area contributed by atoms with Gasteiger partial charge in [-0.3, -0.25) is 4.79 Å². The standard InChI is InChI=1S/C12H15N3O2/c1-3-17-12(16)7-9(2)14-11-6-4-5-10(8-13)15-11/h4-6,9H,3,7H2,1-2H3,(H,14,15). The summed E-state index contributed by atoms with van der Waals surface area (Å²) in [5.41, 5.74) is 0.346. The lowest BCUT2D eigenvalue weighted by atomic mass is 10.2. The minimum Gasteiger partial charge on any atom is -0.466 e. The summed E-state index contributed by atoms with van der Waals surface area (Å²) in [5.74, 6) is 0.338. The van der Waals surface area contributed by atoms with Gasteiger partial charge in [0.1, 0.15) is 17.6 Å². The van der Waals surface area contributed by atoms with E-state index in [0.29, 0.717) is 18.1 Å². The van der Waals surface area contributed by atoms with Crippen molar-refractivity contribution in [1.29, 1.82) is 5.26 Å².